The molecule has 36 heavy (non-hydrogen) atoms. The molecule has 4 N–H and O–H groups in total. The van der Waals surface area contributed by atoms with Crippen LogP contribution in [0.15, 0.2) is 78.9 Å². The Morgan fingerprint density at radius 1 is 1.00 bits per heavy atom. The van der Waals surface area contributed by atoms with Gasteiger partial charge in [0.1, 0.15) is 0 Å². The van der Waals surface area contributed by atoms with Crippen LogP contribution in [0.5, 0.6) is 0 Å². The largest absolute Gasteiger partial charge is 0.397 e. The van der Waals surface area contributed by atoms with E-state index in [1.807, 2.05) is 30.3 Å². The van der Waals surface area contributed by atoms with E-state index < -0.39 is 0 Å². The summed E-state index contributed by atoms with van der Waals surface area (Å²) in [5, 5.41) is 6.79. The van der Waals surface area contributed by atoms with Crippen LogP contribution < -0.4 is 16.4 Å². The molecule has 2 fully saturated rings. The number of hydrogen-bond acceptors (Lipinski definition) is 4. The zero-order valence-corrected chi connectivity index (χ0v) is 21.2. The van der Waals surface area contributed by atoms with Gasteiger partial charge in [0, 0.05) is 30.7 Å². The smallest absolute Gasteiger partial charge is 0.255 e. The van der Waals surface area contributed by atoms with Crippen LogP contribution in [0.4, 0.5) is 11.4 Å². The van der Waals surface area contributed by atoms with Gasteiger partial charge in [-0.1, -0.05) is 61.5 Å². The van der Waals surface area contributed by atoms with Gasteiger partial charge in [-0.25, -0.2) is 0 Å². The number of nitrogens with zero attached hydrogens (tertiary/aromatic N) is 1. The summed E-state index contributed by atoms with van der Waals surface area (Å²) >= 11 is 0. The van der Waals surface area contributed by atoms with Crippen molar-refractivity contribution in [1.82, 2.24) is 10.2 Å². The summed E-state index contributed by atoms with van der Waals surface area (Å²) in [7, 11) is 0. The third-order valence-corrected chi connectivity index (χ3v) is 7.89. The third kappa shape index (κ3) is 5.63. The van der Waals surface area contributed by atoms with Crippen molar-refractivity contribution in [2.75, 3.05) is 30.7 Å². The number of benzene rings is 3. The minimum atomic E-state index is -0.132. The second-order valence-corrected chi connectivity index (χ2v) is 10.7. The number of carbonyl (C=O) groups is 1. The Morgan fingerprint density at radius 2 is 1.69 bits per heavy atom. The Morgan fingerprint density at radius 3 is 2.39 bits per heavy atom. The Hall–Kier alpha value is -3.15. The van der Waals surface area contributed by atoms with Gasteiger partial charge in [-0.3, -0.25) is 4.79 Å². The van der Waals surface area contributed by atoms with Crippen molar-refractivity contribution in [3.63, 3.8) is 0 Å². The van der Waals surface area contributed by atoms with E-state index in [9.17, 15) is 4.79 Å². The molecule has 1 heterocycles. The first-order chi connectivity index (χ1) is 17.5. The number of amides is 1. The maximum absolute atomic E-state index is 12.5. The van der Waals surface area contributed by atoms with E-state index >= 15 is 0 Å². The molecule has 0 radical (unpaired) electrons. The number of carbonyl (C=O) groups excluding carboxylic acids is 1. The van der Waals surface area contributed by atoms with E-state index in [1.165, 1.54) is 37.1 Å². The fourth-order valence-corrected chi connectivity index (χ4v) is 5.98. The molecule has 3 aromatic rings. The number of nitrogens with two attached hydrogens (primary N) is 1. The molecule has 5 rings (SSSR count). The molecule has 1 amide bonds. The topological polar surface area (TPSA) is 70.4 Å². The molecule has 0 aromatic heterocycles. The van der Waals surface area contributed by atoms with E-state index in [2.05, 4.69) is 64.9 Å². The molecule has 1 unspecified atom stereocenters. The summed E-state index contributed by atoms with van der Waals surface area (Å²) in [5.41, 5.74) is 11.0. The van der Waals surface area contributed by atoms with Crippen LogP contribution in [-0.4, -0.2) is 36.5 Å². The molecule has 1 aliphatic carbocycles. The first kappa shape index (κ1) is 24.5. The van der Waals surface area contributed by atoms with Crippen LogP contribution in [0.1, 0.15) is 60.1 Å². The molecule has 1 aliphatic heterocycles. The lowest BCUT2D eigenvalue weighted by Crippen LogP contribution is -2.66. The van der Waals surface area contributed by atoms with Gasteiger partial charge >= 0.3 is 0 Å². The lowest BCUT2D eigenvalue weighted by molar-refractivity contribution is -0.0808. The maximum Gasteiger partial charge on any atom is 0.255 e. The van der Waals surface area contributed by atoms with Gasteiger partial charge in [0.15, 0.2) is 0 Å². The third-order valence-electron chi connectivity index (χ3n) is 7.89. The van der Waals surface area contributed by atoms with Crippen molar-refractivity contribution < 1.29 is 4.79 Å². The maximum atomic E-state index is 12.5. The highest BCUT2D eigenvalue weighted by molar-refractivity contribution is 6.05. The van der Waals surface area contributed by atoms with Gasteiger partial charge in [-0.15, -0.1) is 0 Å². The molecule has 1 atom stereocenters. The van der Waals surface area contributed by atoms with E-state index in [-0.39, 0.29) is 5.91 Å². The molecule has 5 heteroatoms. The second-order valence-electron chi connectivity index (χ2n) is 10.7. The van der Waals surface area contributed by atoms with Crippen LogP contribution in [0.2, 0.25) is 0 Å². The van der Waals surface area contributed by atoms with Crippen molar-refractivity contribution >= 4 is 17.3 Å². The molecule has 188 valence electrons. The molecule has 5 nitrogen and oxygen atoms in total. The number of anilines is 2. The van der Waals surface area contributed by atoms with Crippen molar-refractivity contribution in [2.24, 2.45) is 5.41 Å². The lowest BCUT2D eigenvalue weighted by atomic mass is 9.60. The number of hydrogen-bond donors (Lipinski definition) is 3. The summed E-state index contributed by atoms with van der Waals surface area (Å²) < 4.78 is 0. The van der Waals surface area contributed by atoms with E-state index in [0.717, 1.165) is 25.8 Å². The fraction of sp³-hybridized carbons (Fsp3) is 0.387. The molecule has 1 spiro atoms. The molecular weight excluding hydrogens is 444 g/mol. The van der Waals surface area contributed by atoms with Crippen LogP contribution in [0.3, 0.4) is 0 Å². The van der Waals surface area contributed by atoms with Gasteiger partial charge in [0.2, 0.25) is 0 Å². The molecule has 1 saturated heterocycles. The first-order valence-electron chi connectivity index (χ1n) is 13.3. The predicted molar refractivity (Wildman–Crippen MR) is 148 cm³/mol. The minimum absolute atomic E-state index is 0.132. The average Bonchev–Trinajstić information content (AvgIpc) is 2.86. The van der Waals surface area contributed by atoms with E-state index in [1.54, 1.807) is 6.07 Å². The second kappa shape index (κ2) is 10.9. The molecule has 2 aliphatic rings. The number of aryl methyl sites for hydroxylation is 1. The minimum Gasteiger partial charge on any atom is -0.397 e. The summed E-state index contributed by atoms with van der Waals surface area (Å²) in [6.07, 6.45) is 5.94. The molecular formula is C31H38N4O. The Balaban J connectivity index is 1.000. The molecule has 1 saturated carbocycles. The monoisotopic (exact) mass is 482 g/mol. The summed E-state index contributed by atoms with van der Waals surface area (Å²) in [6.45, 7) is 5.91. The van der Waals surface area contributed by atoms with Gasteiger partial charge in [-0.2, -0.15) is 0 Å². The van der Waals surface area contributed by atoms with Gasteiger partial charge in [0.25, 0.3) is 5.91 Å². The van der Waals surface area contributed by atoms with Crippen molar-refractivity contribution in [1.29, 1.82) is 0 Å². The zero-order chi connectivity index (χ0) is 25.0. The summed E-state index contributed by atoms with van der Waals surface area (Å²) in [6, 6.07) is 27.2. The van der Waals surface area contributed by atoms with E-state index in [0.29, 0.717) is 34.4 Å². The standard InChI is InChI=1S/C31H38N4O/c1-2-28(24-10-4-3-5-11-24)33-26-19-31(20-26)21-35(22-31)18-8-9-23-14-16-25(17-15-23)30(36)34-29-13-7-6-12-27(29)32/h3-7,10-17,26,28,33H,2,8-9,18-22,32H2,1H3,(H,34,36). The van der Waals surface area contributed by atoms with Crippen LogP contribution >= 0.6 is 0 Å². The molecule has 0 bridgehead atoms. The zero-order valence-electron chi connectivity index (χ0n) is 21.2. The summed E-state index contributed by atoms with van der Waals surface area (Å²) in [5.74, 6) is -0.132. The SMILES string of the molecule is CCC(NC1CC2(C1)CN(CCCc1ccc(C(=O)Nc3ccccc3N)cc1)C2)c1ccccc1. The van der Waals surface area contributed by atoms with Crippen LogP contribution in [-0.2, 0) is 6.42 Å². The van der Waals surface area contributed by atoms with Gasteiger partial charge in [0.05, 0.1) is 11.4 Å². The Labute approximate surface area is 215 Å². The first-order valence-corrected chi connectivity index (χ1v) is 13.3. The average molecular weight is 483 g/mol. The van der Waals surface area contributed by atoms with Crippen LogP contribution in [0, 0.1) is 5.41 Å². The fourth-order valence-electron chi connectivity index (χ4n) is 5.98. The number of para-hydroxylation sites is 2. The number of nitrogen functional groups attached to an aromatic ring is 1. The number of likely N-dealkylation sites (tertiary alicyclic amines) is 1. The highest BCUT2D eigenvalue weighted by Gasteiger charge is 2.51. The van der Waals surface area contributed by atoms with Gasteiger partial charge < -0.3 is 21.3 Å². The number of nitrogens with one attached hydrogen (secondary N) is 2. The molecule has 3 aromatic carbocycles. The van der Waals surface area contributed by atoms with Gasteiger partial charge in [-0.05, 0) is 79.5 Å². The predicted octanol–water partition coefficient (Wildman–Crippen LogP) is 5.66. The van der Waals surface area contributed by atoms with Crippen LogP contribution in [0.25, 0.3) is 0 Å². The normalized spacial score (nSPS) is 17.8. The Kier molecular flexibility index (Phi) is 7.40. The van der Waals surface area contributed by atoms with Crippen molar-refractivity contribution in [2.45, 2.75) is 51.1 Å². The quantitative estimate of drug-likeness (QED) is 0.326. The highest BCUT2D eigenvalue weighted by Crippen LogP contribution is 2.49. The van der Waals surface area contributed by atoms with Crippen molar-refractivity contribution in [3.8, 4) is 0 Å². The highest BCUT2D eigenvalue weighted by atomic mass is 16.1. The van der Waals surface area contributed by atoms with Crippen molar-refractivity contribution in [3.05, 3.63) is 95.6 Å². The number of rotatable bonds is 10. The Bertz CT molecular complexity index is 1150. The summed E-state index contributed by atoms with van der Waals surface area (Å²) in [4.78, 5) is 15.1. The van der Waals surface area contributed by atoms with E-state index in [4.69, 9.17) is 5.73 Å². The lowest BCUT2D eigenvalue weighted by Gasteiger charge is -2.60.